The van der Waals surface area contributed by atoms with E-state index in [1.165, 1.54) is 0 Å². The molecule has 0 saturated carbocycles. The van der Waals surface area contributed by atoms with Gasteiger partial charge in [-0.15, -0.1) is 0 Å². The zero-order valence-electron chi connectivity index (χ0n) is 17.9. The molecule has 0 bridgehead atoms. The molecular weight excluding hydrogens is 398 g/mol. The number of nitrogens with zero attached hydrogens (tertiary/aromatic N) is 2. The average molecular weight is 426 g/mol. The predicted molar refractivity (Wildman–Crippen MR) is 122 cm³/mol. The first kappa shape index (κ1) is 21.6. The van der Waals surface area contributed by atoms with Crippen LogP contribution in [0.2, 0.25) is 0 Å². The predicted octanol–water partition coefficient (Wildman–Crippen LogP) is 4.69. The summed E-state index contributed by atoms with van der Waals surface area (Å²) in [7, 11) is -3.68. The summed E-state index contributed by atoms with van der Waals surface area (Å²) < 4.78 is 28.5. The van der Waals surface area contributed by atoms with Gasteiger partial charge in [-0.25, -0.2) is 13.4 Å². The van der Waals surface area contributed by atoms with Crippen molar-refractivity contribution in [1.82, 2.24) is 9.97 Å². The highest BCUT2D eigenvalue weighted by atomic mass is 32.2. The number of sulfonamides is 1. The minimum absolute atomic E-state index is 0.322. The third-order valence-corrected chi connectivity index (χ3v) is 6.16. The third kappa shape index (κ3) is 5.07. The summed E-state index contributed by atoms with van der Waals surface area (Å²) in [5.74, 6) is 1.23. The van der Waals surface area contributed by atoms with Gasteiger partial charge in [-0.1, -0.05) is 17.7 Å². The maximum Gasteiger partial charge on any atom is 0.262 e. The first-order chi connectivity index (χ1) is 14.2. The van der Waals surface area contributed by atoms with Crippen LogP contribution in [0.15, 0.2) is 47.4 Å². The molecule has 0 aliphatic carbocycles. The van der Waals surface area contributed by atoms with Gasteiger partial charge in [-0.05, 0) is 70.0 Å². The van der Waals surface area contributed by atoms with Crippen LogP contribution in [0, 0.1) is 27.7 Å². The van der Waals surface area contributed by atoms with Crippen LogP contribution < -0.4 is 15.4 Å². The molecule has 0 spiro atoms. The van der Waals surface area contributed by atoms with Crippen LogP contribution in [0.25, 0.3) is 0 Å². The van der Waals surface area contributed by atoms with Crippen LogP contribution in [0.5, 0.6) is 0 Å². The minimum atomic E-state index is -3.68. The van der Waals surface area contributed by atoms with Crippen molar-refractivity contribution < 1.29 is 8.42 Å². The fourth-order valence-corrected chi connectivity index (χ4v) is 4.95. The summed E-state index contributed by atoms with van der Waals surface area (Å²) in [6.07, 6.45) is 0. The minimum Gasteiger partial charge on any atom is -0.354 e. The van der Waals surface area contributed by atoms with E-state index in [0.29, 0.717) is 22.3 Å². The molecule has 0 saturated heterocycles. The number of aromatic nitrogens is 2. The molecular formula is C22H27N5O2S. The molecule has 158 valence electrons. The van der Waals surface area contributed by atoms with E-state index in [-0.39, 0.29) is 0 Å². The van der Waals surface area contributed by atoms with Gasteiger partial charge in [0.25, 0.3) is 10.0 Å². The molecule has 2 aromatic carbocycles. The van der Waals surface area contributed by atoms with Crippen molar-refractivity contribution in [2.75, 3.05) is 21.9 Å². The Kier molecular flexibility index (Phi) is 6.26. The van der Waals surface area contributed by atoms with E-state index in [4.69, 9.17) is 0 Å². The number of nitrogens with one attached hydrogen (secondary N) is 3. The number of aryl methyl sites for hydroxylation is 4. The van der Waals surface area contributed by atoms with E-state index >= 15 is 0 Å². The lowest BCUT2D eigenvalue weighted by molar-refractivity contribution is 0.600. The Bertz CT molecular complexity index is 1140. The molecule has 30 heavy (non-hydrogen) atoms. The van der Waals surface area contributed by atoms with Gasteiger partial charge in [0.2, 0.25) is 5.95 Å². The second-order valence-electron chi connectivity index (χ2n) is 7.28. The molecule has 3 aromatic rings. The monoisotopic (exact) mass is 425 g/mol. The Morgan fingerprint density at radius 1 is 0.867 bits per heavy atom. The van der Waals surface area contributed by atoms with Crippen molar-refractivity contribution in [3.63, 3.8) is 0 Å². The van der Waals surface area contributed by atoms with Crippen molar-refractivity contribution in [3.05, 3.63) is 64.8 Å². The zero-order chi connectivity index (χ0) is 21.9. The van der Waals surface area contributed by atoms with Crippen molar-refractivity contribution in [3.8, 4) is 0 Å². The lowest BCUT2D eigenvalue weighted by atomic mass is 10.1. The molecule has 3 rings (SSSR count). The van der Waals surface area contributed by atoms with E-state index in [2.05, 4.69) is 25.3 Å². The molecule has 0 atom stereocenters. The number of hydrogen-bond acceptors (Lipinski definition) is 6. The molecule has 0 amide bonds. The second-order valence-corrected chi connectivity index (χ2v) is 8.90. The molecule has 0 aliphatic heterocycles. The summed E-state index contributed by atoms with van der Waals surface area (Å²) in [4.78, 5) is 9.07. The van der Waals surface area contributed by atoms with Gasteiger partial charge >= 0.3 is 0 Å². The fourth-order valence-electron chi connectivity index (χ4n) is 3.44. The van der Waals surface area contributed by atoms with E-state index in [0.717, 1.165) is 34.6 Å². The Morgan fingerprint density at radius 3 is 2.07 bits per heavy atom. The van der Waals surface area contributed by atoms with Crippen molar-refractivity contribution in [1.29, 1.82) is 0 Å². The van der Waals surface area contributed by atoms with Gasteiger partial charge in [0.05, 0.1) is 4.90 Å². The topological polar surface area (TPSA) is 96.0 Å². The Hall–Kier alpha value is -3.13. The SMILES string of the molecule is CCNc1nc(C)cc(Nc2ccc(NS(=O)(=O)c3c(C)cc(C)cc3C)cc2)n1. The molecule has 3 N–H and O–H groups in total. The zero-order valence-corrected chi connectivity index (χ0v) is 18.7. The third-order valence-electron chi connectivity index (χ3n) is 4.47. The Morgan fingerprint density at radius 2 is 1.47 bits per heavy atom. The molecule has 8 heteroatoms. The summed E-state index contributed by atoms with van der Waals surface area (Å²) >= 11 is 0. The molecule has 0 unspecified atom stereocenters. The molecule has 0 radical (unpaired) electrons. The standard InChI is InChI=1S/C22H27N5O2S/c1-6-23-22-24-17(5)13-20(26-22)25-18-7-9-19(10-8-18)27-30(28,29)21-15(3)11-14(2)12-16(21)4/h7-13,27H,6H2,1-5H3,(H2,23,24,25,26). The first-order valence-corrected chi connectivity index (χ1v) is 11.2. The van der Waals surface area contributed by atoms with Crippen LogP contribution in [0.1, 0.15) is 29.3 Å². The highest BCUT2D eigenvalue weighted by molar-refractivity contribution is 7.92. The molecule has 7 nitrogen and oxygen atoms in total. The normalized spacial score (nSPS) is 11.2. The second kappa shape index (κ2) is 8.71. The van der Waals surface area contributed by atoms with Gasteiger partial charge in [-0.3, -0.25) is 4.72 Å². The maximum absolute atomic E-state index is 12.9. The molecule has 1 aromatic heterocycles. The largest absolute Gasteiger partial charge is 0.354 e. The van der Waals surface area contributed by atoms with E-state index in [1.54, 1.807) is 24.3 Å². The first-order valence-electron chi connectivity index (χ1n) is 9.75. The van der Waals surface area contributed by atoms with Crippen LogP contribution in [-0.4, -0.2) is 24.9 Å². The van der Waals surface area contributed by atoms with E-state index < -0.39 is 10.0 Å². The number of rotatable bonds is 7. The highest BCUT2D eigenvalue weighted by Gasteiger charge is 2.20. The van der Waals surface area contributed by atoms with Crippen molar-refractivity contribution in [2.24, 2.45) is 0 Å². The van der Waals surface area contributed by atoms with E-state index in [9.17, 15) is 8.42 Å². The van der Waals surface area contributed by atoms with Crippen LogP contribution in [0.3, 0.4) is 0 Å². The smallest absolute Gasteiger partial charge is 0.262 e. The fraction of sp³-hybridized carbons (Fsp3) is 0.273. The quantitative estimate of drug-likeness (QED) is 0.508. The Balaban J connectivity index is 1.78. The van der Waals surface area contributed by atoms with Crippen LogP contribution in [0.4, 0.5) is 23.1 Å². The molecule has 0 aliphatic rings. The maximum atomic E-state index is 12.9. The summed E-state index contributed by atoms with van der Waals surface area (Å²) in [5, 5.41) is 6.32. The van der Waals surface area contributed by atoms with Gasteiger partial charge < -0.3 is 10.6 Å². The average Bonchev–Trinajstić information content (AvgIpc) is 2.61. The summed E-state index contributed by atoms with van der Waals surface area (Å²) in [5.41, 5.74) is 4.63. The number of hydrogen-bond donors (Lipinski definition) is 3. The van der Waals surface area contributed by atoms with E-state index in [1.807, 2.05) is 52.8 Å². The van der Waals surface area contributed by atoms with Crippen molar-refractivity contribution >= 4 is 33.2 Å². The van der Waals surface area contributed by atoms with Gasteiger partial charge in [-0.2, -0.15) is 4.98 Å². The lowest BCUT2D eigenvalue weighted by Crippen LogP contribution is -2.16. The molecule has 1 heterocycles. The number of anilines is 4. The van der Waals surface area contributed by atoms with Gasteiger partial charge in [0, 0.05) is 29.7 Å². The lowest BCUT2D eigenvalue weighted by Gasteiger charge is -2.14. The summed E-state index contributed by atoms with van der Waals surface area (Å²) in [6, 6.07) is 12.6. The molecule has 0 fully saturated rings. The van der Waals surface area contributed by atoms with Gasteiger partial charge in [0.15, 0.2) is 0 Å². The van der Waals surface area contributed by atoms with Crippen LogP contribution in [-0.2, 0) is 10.0 Å². The Labute approximate surface area is 178 Å². The highest BCUT2D eigenvalue weighted by Crippen LogP contribution is 2.25. The van der Waals surface area contributed by atoms with Gasteiger partial charge in [0.1, 0.15) is 5.82 Å². The van der Waals surface area contributed by atoms with Crippen LogP contribution >= 0.6 is 0 Å². The van der Waals surface area contributed by atoms with Crippen molar-refractivity contribution in [2.45, 2.75) is 39.5 Å². The summed E-state index contributed by atoms with van der Waals surface area (Å²) in [6.45, 7) is 10.2. The number of benzene rings is 2.